The molecule has 0 radical (unpaired) electrons. The quantitative estimate of drug-likeness (QED) is 0.769. The van der Waals surface area contributed by atoms with Gasteiger partial charge in [-0.2, -0.15) is 0 Å². The second-order valence-corrected chi connectivity index (χ2v) is 5.16. The first-order valence-electron chi connectivity index (χ1n) is 7.18. The van der Waals surface area contributed by atoms with E-state index in [1.807, 2.05) is 0 Å². The Morgan fingerprint density at radius 1 is 1.06 bits per heavy atom. The third kappa shape index (κ3) is 4.62. The molecule has 0 N–H and O–H groups in total. The zero-order chi connectivity index (χ0) is 11.9. The average molecular weight is 268 g/mol. The summed E-state index contributed by atoms with van der Waals surface area (Å²) in [4.78, 5) is 2.69. The summed E-state index contributed by atoms with van der Waals surface area (Å²) in [6, 6.07) is 11.7. The molecular formula is C16H26ClN. The van der Waals surface area contributed by atoms with Gasteiger partial charge in [-0.15, -0.1) is 12.4 Å². The first-order chi connectivity index (χ1) is 8.40. The molecule has 1 aliphatic rings. The maximum absolute atomic E-state index is 2.69. The minimum Gasteiger partial charge on any atom is -0.300 e. The van der Waals surface area contributed by atoms with Gasteiger partial charge in [0.15, 0.2) is 0 Å². The normalized spacial score (nSPS) is 16.6. The van der Waals surface area contributed by atoms with Gasteiger partial charge >= 0.3 is 0 Å². The van der Waals surface area contributed by atoms with Crippen molar-refractivity contribution in [3.63, 3.8) is 0 Å². The van der Waals surface area contributed by atoms with Gasteiger partial charge in [-0.05, 0) is 31.4 Å². The highest BCUT2D eigenvalue weighted by atomic mass is 35.5. The predicted octanol–water partition coefficient (Wildman–Crippen LogP) is 4.31. The van der Waals surface area contributed by atoms with E-state index in [1.54, 1.807) is 0 Å². The van der Waals surface area contributed by atoms with E-state index in [1.165, 1.54) is 57.2 Å². The summed E-state index contributed by atoms with van der Waals surface area (Å²) in [7, 11) is 0. The highest BCUT2D eigenvalue weighted by molar-refractivity contribution is 5.85. The number of halogens is 1. The summed E-state index contributed by atoms with van der Waals surface area (Å²) in [6.45, 7) is 4.74. The van der Waals surface area contributed by atoms with Crippen LogP contribution in [0.5, 0.6) is 0 Å². The lowest BCUT2D eigenvalue weighted by atomic mass is 9.94. The van der Waals surface area contributed by atoms with Gasteiger partial charge < -0.3 is 4.90 Å². The second kappa shape index (κ2) is 8.55. The van der Waals surface area contributed by atoms with Crippen molar-refractivity contribution in [3.05, 3.63) is 35.9 Å². The zero-order valence-electron chi connectivity index (χ0n) is 11.5. The van der Waals surface area contributed by atoms with E-state index in [2.05, 4.69) is 42.2 Å². The Morgan fingerprint density at radius 2 is 1.72 bits per heavy atom. The minimum absolute atomic E-state index is 0. The molecule has 1 saturated carbocycles. The van der Waals surface area contributed by atoms with Crippen LogP contribution in [-0.4, -0.2) is 24.0 Å². The number of hydrogen-bond donors (Lipinski definition) is 0. The summed E-state index contributed by atoms with van der Waals surface area (Å²) in [5.41, 5.74) is 1.47. The molecule has 0 amide bonds. The van der Waals surface area contributed by atoms with Gasteiger partial charge in [-0.1, -0.05) is 56.5 Å². The fraction of sp³-hybridized carbons (Fsp3) is 0.625. The van der Waals surface area contributed by atoms with Gasteiger partial charge in [0, 0.05) is 12.6 Å². The standard InChI is InChI=1S/C16H25N.ClH/c1-2-17(16-11-7-4-8-12-16)14-13-15-9-5-3-6-10-15;/h3,5-6,9-10,16H,2,4,7-8,11-14H2,1H3;1H. The van der Waals surface area contributed by atoms with E-state index in [0.717, 1.165) is 6.04 Å². The molecule has 1 nitrogen and oxygen atoms in total. The lowest BCUT2D eigenvalue weighted by Gasteiger charge is -2.33. The molecule has 1 fully saturated rings. The van der Waals surface area contributed by atoms with Gasteiger partial charge in [-0.3, -0.25) is 0 Å². The maximum Gasteiger partial charge on any atom is 0.00952 e. The molecule has 2 rings (SSSR count). The fourth-order valence-electron chi connectivity index (χ4n) is 2.96. The van der Waals surface area contributed by atoms with Crippen molar-refractivity contribution in [2.24, 2.45) is 0 Å². The van der Waals surface area contributed by atoms with Gasteiger partial charge in [0.2, 0.25) is 0 Å². The van der Waals surface area contributed by atoms with Crippen LogP contribution < -0.4 is 0 Å². The Hall–Kier alpha value is -0.530. The van der Waals surface area contributed by atoms with Crippen LogP contribution in [0.3, 0.4) is 0 Å². The molecule has 0 saturated heterocycles. The van der Waals surface area contributed by atoms with Gasteiger partial charge in [0.25, 0.3) is 0 Å². The summed E-state index contributed by atoms with van der Waals surface area (Å²) in [6.07, 6.45) is 8.36. The van der Waals surface area contributed by atoms with Gasteiger partial charge in [-0.25, -0.2) is 0 Å². The number of benzene rings is 1. The maximum atomic E-state index is 2.69. The molecule has 0 bridgehead atoms. The van der Waals surface area contributed by atoms with Crippen molar-refractivity contribution in [1.29, 1.82) is 0 Å². The van der Waals surface area contributed by atoms with E-state index in [9.17, 15) is 0 Å². The lowest BCUT2D eigenvalue weighted by molar-refractivity contribution is 0.165. The van der Waals surface area contributed by atoms with Crippen molar-refractivity contribution in [2.45, 2.75) is 51.5 Å². The summed E-state index contributed by atoms with van der Waals surface area (Å²) >= 11 is 0. The van der Waals surface area contributed by atoms with Crippen LogP contribution >= 0.6 is 12.4 Å². The SMILES string of the molecule is CCN(CCc1ccccc1)C1CCCCC1.Cl. The zero-order valence-corrected chi connectivity index (χ0v) is 12.3. The monoisotopic (exact) mass is 267 g/mol. The molecule has 0 aliphatic heterocycles. The fourth-order valence-corrected chi connectivity index (χ4v) is 2.96. The highest BCUT2D eigenvalue weighted by Crippen LogP contribution is 2.22. The first kappa shape index (κ1) is 15.5. The topological polar surface area (TPSA) is 3.24 Å². The number of nitrogens with zero attached hydrogens (tertiary/aromatic N) is 1. The molecule has 0 heterocycles. The van der Waals surface area contributed by atoms with Crippen LogP contribution in [-0.2, 0) is 6.42 Å². The molecular weight excluding hydrogens is 242 g/mol. The third-order valence-corrected chi connectivity index (χ3v) is 4.03. The van der Waals surface area contributed by atoms with Crippen molar-refractivity contribution in [3.8, 4) is 0 Å². The molecule has 1 aromatic rings. The Bertz CT molecular complexity index is 306. The molecule has 1 aliphatic carbocycles. The number of hydrogen-bond acceptors (Lipinski definition) is 1. The molecule has 0 aromatic heterocycles. The lowest BCUT2D eigenvalue weighted by Crippen LogP contribution is -2.38. The number of rotatable bonds is 5. The van der Waals surface area contributed by atoms with Gasteiger partial charge in [0.1, 0.15) is 0 Å². The Morgan fingerprint density at radius 3 is 2.33 bits per heavy atom. The predicted molar refractivity (Wildman–Crippen MR) is 81.5 cm³/mol. The Kier molecular flexibility index (Phi) is 7.38. The smallest absolute Gasteiger partial charge is 0.00952 e. The Balaban J connectivity index is 0.00000162. The van der Waals surface area contributed by atoms with E-state index in [0.29, 0.717) is 0 Å². The number of likely N-dealkylation sites (N-methyl/N-ethyl adjacent to an activating group) is 1. The van der Waals surface area contributed by atoms with Crippen molar-refractivity contribution < 1.29 is 0 Å². The molecule has 0 spiro atoms. The summed E-state index contributed by atoms with van der Waals surface area (Å²) < 4.78 is 0. The molecule has 0 atom stereocenters. The first-order valence-corrected chi connectivity index (χ1v) is 7.18. The van der Waals surface area contributed by atoms with E-state index in [-0.39, 0.29) is 12.4 Å². The van der Waals surface area contributed by atoms with Crippen molar-refractivity contribution >= 4 is 12.4 Å². The van der Waals surface area contributed by atoms with Crippen LogP contribution in [0.15, 0.2) is 30.3 Å². The third-order valence-electron chi connectivity index (χ3n) is 4.03. The average Bonchev–Trinajstić information content (AvgIpc) is 2.42. The molecule has 1 aromatic carbocycles. The van der Waals surface area contributed by atoms with Crippen LogP contribution in [0, 0.1) is 0 Å². The van der Waals surface area contributed by atoms with E-state index in [4.69, 9.17) is 0 Å². The van der Waals surface area contributed by atoms with Crippen molar-refractivity contribution in [1.82, 2.24) is 4.90 Å². The van der Waals surface area contributed by atoms with Gasteiger partial charge in [0.05, 0.1) is 0 Å². The molecule has 0 unspecified atom stereocenters. The van der Waals surface area contributed by atoms with Crippen LogP contribution in [0.25, 0.3) is 0 Å². The second-order valence-electron chi connectivity index (χ2n) is 5.16. The molecule has 2 heteroatoms. The minimum atomic E-state index is 0. The Labute approximate surface area is 118 Å². The summed E-state index contributed by atoms with van der Waals surface area (Å²) in [5.74, 6) is 0. The van der Waals surface area contributed by atoms with Crippen molar-refractivity contribution in [2.75, 3.05) is 13.1 Å². The summed E-state index contributed by atoms with van der Waals surface area (Å²) in [5, 5.41) is 0. The van der Waals surface area contributed by atoms with Crippen LogP contribution in [0.4, 0.5) is 0 Å². The molecule has 102 valence electrons. The van der Waals surface area contributed by atoms with Crippen LogP contribution in [0.2, 0.25) is 0 Å². The van der Waals surface area contributed by atoms with E-state index >= 15 is 0 Å². The van der Waals surface area contributed by atoms with Crippen LogP contribution in [0.1, 0.15) is 44.6 Å². The highest BCUT2D eigenvalue weighted by Gasteiger charge is 2.19. The largest absolute Gasteiger partial charge is 0.300 e. The molecule has 18 heavy (non-hydrogen) atoms. The van der Waals surface area contributed by atoms with E-state index < -0.39 is 0 Å².